The number of anilines is 1. The van der Waals surface area contributed by atoms with Crippen molar-refractivity contribution < 1.29 is 4.79 Å². The van der Waals surface area contributed by atoms with Crippen LogP contribution in [0.15, 0.2) is 18.2 Å². The summed E-state index contributed by atoms with van der Waals surface area (Å²) in [6.45, 7) is 8.78. The summed E-state index contributed by atoms with van der Waals surface area (Å²) >= 11 is 2.01. The minimum atomic E-state index is 0.0148. The first-order valence-electron chi connectivity index (χ1n) is 7.63. The predicted molar refractivity (Wildman–Crippen MR) is 91.4 cm³/mol. The van der Waals surface area contributed by atoms with Gasteiger partial charge in [0.1, 0.15) is 0 Å². The van der Waals surface area contributed by atoms with Gasteiger partial charge < -0.3 is 10.6 Å². The van der Waals surface area contributed by atoms with E-state index in [1.165, 1.54) is 11.5 Å². The molecule has 0 saturated carbocycles. The molecule has 0 bridgehead atoms. The van der Waals surface area contributed by atoms with Crippen LogP contribution in [0.25, 0.3) is 0 Å². The van der Waals surface area contributed by atoms with Gasteiger partial charge in [-0.15, -0.1) is 0 Å². The second kappa shape index (κ2) is 8.29. The SMILES string of the molecule is CCNc1ccc(C)cc1C(=O)NCCN1CCSCC1. The topological polar surface area (TPSA) is 44.4 Å². The fraction of sp³-hybridized carbons (Fsp3) is 0.562. The lowest BCUT2D eigenvalue weighted by molar-refractivity contribution is 0.0949. The molecule has 2 rings (SSSR count). The van der Waals surface area contributed by atoms with Crippen LogP contribution in [0.1, 0.15) is 22.8 Å². The molecule has 1 saturated heterocycles. The Labute approximate surface area is 131 Å². The summed E-state index contributed by atoms with van der Waals surface area (Å²) in [7, 11) is 0. The molecule has 1 aromatic carbocycles. The van der Waals surface area contributed by atoms with Crippen LogP contribution in [0.3, 0.4) is 0 Å². The quantitative estimate of drug-likeness (QED) is 0.846. The third-order valence-electron chi connectivity index (χ3n) is 3.60. The lowest BCUT2D eigenvalue weighted by Crippen LogP contribution is -2.39. The molecule has 0 spiro atoms. The predicted octanol–water partition coefficient (Wildman–Crippen LogP) is 2.21. The molecular weight excluding hydrogens is 282 g/mol. The van der Waals surface area contributed by atoms with Crippen molar-refractivity contribution >= 4 is 23.4 Å². The summed E-state index contributed by atoms with van der Waals surface area (Å²) in [6.07, 6.45) is 0. The van der Waals surface area contributed by atoms with Gasteiger partial charge in [-0.2, -0.15) is 11.8 Å². The minimum absolute atomic E-state index is 0.0148. The first kappa shape index (κ1) is 16.2. The molecule has 1 aromatic rings. The summed E-state index contributed by atoms with van der Waals surface area (Å²) in [5.74, 6) is 2.42. The van der Waals surface area contributed by atoms with E-state index in [0.29, 0.717) is 6.54 Å². The van der Waals surface area contributed by atoms with Crippen molar-refractivity contribution in [1.29, 1.82) is 0 Å². The third kappa shape index (κ3) is 4.93. The van der Waals surface area contributed by atoms with Crippen LogP contribution in [0.2, 0.25) is 0 Å². The maximum absolute atomic E-state index is 12.4. The lowest BCUT2D eigenvalue weighted by Gasteiger charge is -2.26. The third-order valence-corrected chi connectivity index (χ3v) is 4.55. The van der Waals surface area contributed by atoms with E-state index in [4.69, 9.17) is 0 Å². The number of nitrogens with zero attached hydrogens (tertiary/aromatic N) is 1. The van der Waals surface area contributed by atoms with E-state index in [1.807, 2.05) is 43.8 Å². The first-order chi connectivity index (χ1) is 10.2. The van der Waals surface area contributed by atoms with Gasteiger partial charge in [-0.05, 0) is 26.0 Å². The molecule has 1 aliphatic heterocycles. The Morgan fingerprint density at radius 1 is 1.33 bits per heavy atom. The molecule has 1 amide bonds. The van der Waals surface area contributed by atoms with Gasteiger partial charge in [-0.1, -0.05) is 11.6 Å². The van der Waals surface area contributed by atoms with Crippen LogP contribution in [-0.4, -0.2) is 55.0 Å². The van der Waals surface area contributed by atoms with Crippen molar-refractivity contribution in [1.82, 2.24) is 10.2 Å². The number of thioether (sulfide) groups is 1. The number of nitrogens with one attached hydrogen (secondary N) is 2. The van der Waals surface area contributed by atoms with Crippen molar-refractivity contribution in [3.05, 3.63) is 29.3 Å². The van der Waals surface area contributed by atoms with E-state index >= 15 is 0 Å². The number of carbonyl (C=O) groups excluding carboxylic acids is 1. The zero-order valence-corrected chi connectivity index (χ0v) is 13.8. The van der Waals surface area contributed by atoms with Crippen LogP contribution >= 0.6 is 11.8 Å². The van der Waals surface area contributed by atoms with E-state index < -0.39 is 0 Å². The van der Waals surface area contributed by atoms with Gasteiger partial charge >= 0.3 is 0 Å². The average Bonchev–Trinajstić information content (AvgIpc) is 2.50. The van der Waals surface area contributed by atoms with Gasteiger partial charge in [0.25, 0.3) is 5.91 Å². The highest BCUT2D eigenvalue weighted by Crippen LogP contribution is 2.17. The van der Waals surface area contributed by atoms with Crippen molar-refractivity contribution in [2.45, 2.75) is 13.8 Å². The largest absolute Gasteiger partial charge is 0.385 e. The van der Waals surface area contributed by atoms with Gasteiger partial charge in [0.05, 0.1) is 5.56 Å². The standard InChI is InChI=1S/C16H25N3OS/c1-3-17-15-5-4-13(2)12-14(15)16(20)18-6-7-19-8-10-21-11-9-19/h4-5,12,17H,3,6-11H2,1-2H3,(H,18,20). The molecule has 0 aliphatic carbocycles. The van der Waals surface area contributed by atoms with E-state index in [-0.39, 0.29) is 5.91 Å². The molecule has 0 unspecified atom stereocenters. The Balaban J connectivity index is 1.88. The normalized spacial score (nSPS) is 15.7. The number of hydrogen-bond acceptors (Lipinski definition) is 4. The number of rotatable bonds is 6. The Morgan fingerprint density at radius 3 is 2.81 bits per heavy atom. The highest BCUT2D eigenvalue weighted by molar-refractivity contribution is 7.99. The van der Waals surface area contributed by atoms with Crippen molar-refractivity contribution in [3.8, 4) is 0 Å². The highest BCUT2D eigenvalue weighted by Gasteiger charge is 2.13. The highest BCUT2D eigenvalue weighted by atomic mass is 32.2. The molecule has 116 valence electrons. The molecule has 1 aliphatic rings. The Kier molecular flexibility index (Phi) is 6.39. The summed E-state index contributed by atoms with van der Waals surface area (Å²) in [5.41, 5.74) is 2.76. The van der Waals surface area contributed by atoms with Gasteiger partial charge in [-0.25, -0.2) is 0 Å². The van der Waals surface area contributed by atoms with Crippen molar-refractivity contribution in [2.24, 2.45) is 0 Å². The number of hydrogen-bond donors (Lipinski definition) is 2. The zero-order chi connectivity index (χ0) is 15.1. The van der Waals surface area contributed by atoms with E-state index in [9.17, 15) is 4.79 Å². The van der Waals surface area contributed by atoms with Crippen molar-refractivity contribution in [2.75, 3.05) is 49.5 Å². The van der Waals surface area contributed by atoms with Gasteiger partial charge in [0.2, 0.25) is 0 Å². The molecule has 1 fully saturated rings. The van der Waals surface area contributed by atoms with Crippen LogP contribution in [-0.2, 0) is 0 Å². The Bertz CT molecular complexity index is 473. The lowest BCUT2D eigenvalue weighted by atomic mass is 10.1. The summed E-state index contributed by atoms with van der Waals surface area (Å²) in [6, 6.07) is 5.96. The molecule has 4 nitrogen and oxygen atoms in total. The molecular formula is C16H25N3OS. The fourth-order valence-corrected chi connectivity index (χ4v) is 3.42. The maximum atomic E-state index is 12.4. The number of aryl methyl sites for hydroxylation is 1. The fourth-order valence-electron chi connectivity index (χ4n) is 2.44. The van der Waals surface area contributed by atoms with E-state index in [1.54, 1.807) is 0 Å². The molecule has 0 atom stereocenters. The Hall–Kier alpha value is -1.20. The first-order valence-corrected chi connectivity index (χ1v) is 8.79. The Morgan fingerprint density at radius 2 is 2.10 bits per heavy atom. The number of benzene rings is 1. The van der Waals surface area contributed by atoms with Crippen LogP contribution in [0.4, 0.5) is 5.69 Å². The molecule has 21 heavy (non-hydrogen) atoms. The second-order valence-electron chi connectivity index (χ2n) is 5.29. The second-order valence-corrected chi connectivity index (χ2v) is 6.51. The average molecular weight is 307 g/mol. The van der Waals surface area contributed by atoms with Crippen LogP contribution < -0.4 is 10.6 Å². The van der Waals surface area contributed by atoms with Crippen LogP contribution in [0.5, 0.6) is 0 Å². The summed E-state index contributed by atoms with van der Waals surface area (Å²) in [5, 5.41) is 6.29. The summed E-state index contributed by atoms with van der Waals surface area (Å²) < 4.78 is 0. The summed E-state index contributed by atoms with van der Waals surface area (Å²) in [4.78, 5) is 14.8. The monoisotopic (exact) mass is 307 g/mol. The van der Waals surface area contributed by atoms with E-state index in [2.05, 4.69) is 15.5 Å². The molecule has 1 heterocycles. The van der Waals surface area contributed by atoms with Gasteiger partial charge in [0.15, 0.2) is 0 Å². The molecule has 5 heteroatoms. The molecule has 0 aromatic heterocycles. The number of amides is 1. The molecule has 2 N–H and O–H groups in total. The smallest absolute Gasteiger partial charge is 0.253 e. The van der Waals surface area contributed by atoms with Crippen molar-refractivity contribution in [3.63, 3.8) is 0 Å². The van der Waals surface area contributed by atoms with Gasteiger partial charge in [0, 0.05) is 49.9 Å². The van der Waals surface area contributed by atoms with Gasteiger partial charge in [-0.3, -0.25) is 9.69 Å². The zero-order valence-electron chi connectivity index (χ0n) is 12.9. The van der Waals surface area contributed by atoms with Crippen LogP contribution in [0, 0.1) is 6.92 Å². The molecule has 0 radical (unpaired) electrons. The maximum Gasteiger partial charge on any atom is 0.253 e. The number of carbonyl (C=O) groups is 1. The minimum Gasteiger partial charge on any atom is -0.385 e. The van der Waals surface area contributed by atoms with E-state index in [0.717, 1.165) is 43.0 Å².